The summed E-state index contributed by atoms with van der Waals surface area (Å²) in [6.45, 7) is -0.288. The average molecular weight is 485 g/mol. The van der Waals surface area contributed by atoms with Gasteiger partial charge in [0, 0.05) is 17.7 Å². The summed E-state index contributed by atoms with van der Waals surface area (Å²) in [5.41, 5.74) is 5.02. The largest absolute Gasteiger partial charge is 0.481 e. The summed E-state index contributed by atoms with van der Waals surface area (Å²) >= 11 is 0. The van der Waals surface area contributed by atoms with Gasteiger partial charge in [-0.1, -0.05) is 0 Å². The maximum absolute atomic E-state index is 12.4. The Balaban J connectivity index is 1.78. The molecule has 1 aromatic carbocycles. The summed E-state index contributed by atoms with van der Waals surface area (Å²) < 4.78 is 0. The van der Waals surface area contributed by atoms with Gasteiger partial charge in [0.2, 0.25) is 5.95 Å². The quantitative estimate of drug-likeness (QED) is 0.235. The molecule has 182 valence electrons. The van der Waals surface area contributed by atoms with Crippen molar-refractivity contribution in [2.45, 2.75) is 25.4 Å². The van der Waals surface area contributed by atoms with Gasteiger partial charge in [0.05, 0.1) is 18.4 Å². The molecule has 0 unspecified atom stereocenters. The van der Waals surface area contributed by atoms with Crippen LogP contribution in [0, 0.1) is 0 Å². The average Bonchev–Trinajstić information content (AvgIpc) is 2.79. The molecule has 0 saturated heterocycles. The Morgan fingerprint density at radius 1 is 1.09 bits per heavy atom. The van der Waals surface area contributed by atoms with Gasteiger partial charge in [-0.2, -0.15) is 4.98 Å². The third-order valence-corrected chi connectivity index (χ3v) is 4.74. The summed E-state index contributed by atoms with van der Waals surface area (Å²) in [6, 6.07) is 3.78. The number of nitrogens with zero attached hydrogens (tertiary/aromatic N) is 4. The van der Waals surface area contributed by atoms with Crippen molar-refractivity contribution in [2.24, 2.45) is 0 Å². The van der Waals surface area contributed by atoms with Crippen molar-refractivity contribution in [3.63, 3.8) is 0 Å². The molecule has 0 saturated carbocycles. The number of carboxylic acid groups (broad SMARTS) is 3. The molecule has 0 bridgehead atoms. The summed E-state index contributed by atoms with van der Waals surface area (Å²) in [6.07, 6.45) is -0.845. The number of anilines is 2. The minimum atomic E-state index is -1.41. The zero-order chi connectivity index (χ0) is 25.7. The third kappa shape index (κ3) is 6.04. The van der Waals surface area contributed by atoms with Crippen LogP contribution in [0.4, 0.5) is 16.4 Å². The molecule has 0 aliphatic rings. The van der Waals surface area contributed by atoms with E-state index in [4.69, 9.17) is 10.8 Å². The Morgan fingerprint density at radius 2 is 1.77 bits per heavy atom. The Kier molecular flexibility index (Phi) is 7.19. The smallest absolute Gasteiger partial charge is 0.412 e. The minimum absolute atomic E-state index is 0.0290. The number of fused-ring (bicyclic) bond motifs is 1. The monoisotopic (exact) mass is 485 g/mol. The highest BCUT2D eigenvalue weighted by Gasteiger charge is 2.22. The van der Waals surface area contributed by atoms with Gasteiger partial charge in [0.25, 0.3) is 5.91 Å². The molecule has 0 aliphatic heterocycles. The number of benzene rings is 1. The number of amides is 2. The van der Waals surface area contributed by atoms with E-state index in [0.717, 1.165) is 4.90 Å². The number of carbonyl (C=O) groups is 4. The molecular formula is C20H19N7O8. The number of aromatic amines is 1. The zero-order valence-electron chi connectivity index (χ0n) is 17.8. The highest BCUT2D eigenvalue weighted by Crippen LogP contribution is 2.19. The molecule has 15 heteroatoms. The number of H-pyrrole nitrogens is 1. The fraction of sp³-hybridized carbons (Fsp3) is 0.200. The number of rotatable bonds is 9. The lowest BCUT2D eigenvalue weighted by Gasteiger charge is -2.19. The first kappa shape index (κ1) is 24.6. The summed E-state index contributed by atoms with van der Waals surface area (Å²) in [5.74, 6) is -3.51. The van der Waals surface area contributed by atoms with Gasteiger partial charge >= 0.3 is 23.6 Å². The van der Waals surface area contributed by atoms with Crippen LogP contribution in [-0.4, -0.2) is 65.2 Å². The maximum Gasteiger partial charge on any atom is 0.412 e. The second kappa shape index (κ2) is 10.2. The molecule has 1 atom stereocenters. The number of aromatic nitrogens is 4. The lowest BCUT2D eigenvalue weighted by atomic mass is 10.1. The second-order valence-electron chi connectivity index (χ2n) is 7.20. The van der Waals surface area contributed by atoms with Crippen molar-refractivity contribution < 1.29 is 34.5 Å². The number of carbonyl (C=O) groups excluding carboxylic acids is 1. The van der Waals surface area contributed by atoms with Gasteiger partial charge in [0.1, 0.15) is 6.04 Å². The molecule has 0 radical (unpaired) electrons. The van der Waals surface area contributed by atoms with Gasteiger partial charge in [-0.25, -0.2) is 19.6 Å². The molecule has 3 rings (SSSR count). The van der Waals surface area contributed by atoms with Crippen LogP contribution in [0.25, 0.3) is 11.2 Å². The Morgan fingerprint density at radius 3 is 2.37 bits per heavy atom. The first-order chi connectivity index (χ1) is 16.5. The van der Waals surface area contributed by atoms with Crippen molar-refractivity contribution in [1.82, 2.24) is 25.3 Å². The van der Waals surface area contributed by atoms with Crippen molar-refractivity contribution >= 4 is 46.7 Å². The van der Waals surface area contributed by atoms with Gasteiger partial charge in [0.15, 0.2) is 11.2 Å². The fourth-order valence-corrected chi connectivity index (χ4v) is 3.04. The third-order valence-electron chi connectivity index (χ3n) is 4.74. The molecule has 0 aliphatic carbocycles. The summed E-state index contributed by atoms with van der Waals surface area (Å²) in [5, 5.41) is 29.8. The zero-order valence-corrected chi connectivity index (χ0v) is 17.8. The first-order valence-electron chi connectivity index (χ1n) is 9.92. The second-order valence-corrected chi connectivity index (χ2v) is 7.20. The van der Waals surface area contributed by atoms with Crippen LogP contribution < -0.4 is 21.5 Å². The lowest BCUT2D eigenvalue weighted by molar-refractivity contribution is -0.140. The van der Waals surface area contributed by atoms with Gasteiger partial charge in [-0.05, 0) is 30.7 Å². The van der Waals surface area contributed by atoms with Crippen LogP contribution >= 0.6 is 0 Å². The van der Waals surface area contributed by atoms with Crippen molar-refractivity contribution in [1.29, 1.82) is 0 Å². The predicted molar refractivity (Wildman–Crippen MR) is 119 cm³/mol. The van der Waals surface area contributed by atoms with E-state index in [1.165, 1.54) is 30.5 Å². The van der Waals surface area contributed by atoms with Crippen LogP contribution in [0.3, 0.4) is 0 Å². The number of hydrogen-bond acceptors (Lipinski definition) is 9. The predicted octanol–water partition coefficient (Wildman–Crippen LogP) is 0.0277. The van der Waals surface area contributed by atoms with Crippen LogP contribution in [-0.2, 0) is 16.1 Å². The maximum atomic E-state index is 12.4. The SMILES string of the molecule is Nc1nc(=O)c2nc(CN(C(=O)O)c3ccc(C(=O)N[C@@H](CCC(=O)O)C(=O)O)cc3)cnc2[nH]1. The molecule has 2 aromatic heterocycles. The summed E-state index contributed by atoms with van der Waals surface area (Å²) in [4.78, 5) is 73.2. The van der Waals surface area contributed by atoms with Gasteiger partial charge in [-0.15, -0.1) is 0 Å². The van der Waals surface area contributed by atoms with Crippen LogP contribution in [0.1, 0.15) is 28.9 Å². The minimum Gasteiger partial charge on any atom is -0.481 e. The number of carboxylic acids is 2. The first-order valence-corrected chi connectivity index (χ1v) is 9.92. The van der Waals surface area contributed by atoms with E-state index in [1.807, 2.05) is 0 Å². The Labute approximate surface area is 195 Å². The van der Waals surface area contributed by atoms with Crippen molar-refractivity contribution in [2.75, 3.05) is 10.6 Å². The molecule has 0 fully saturated rings. The number of nitrogens with two attached hydrogens (primary N) is 1. The Bertz CT molecular complexity index is 1360. The topological polar surface area (TPSA) is 242 Å². The van der Waals surface area contributed by atoms with E-state index in [1.54, 1.807) is 0 Å². The molecule has 35 heavy (non-hydrogen) atoms. The van der Waals surface area contributed by atoms with Gasteiger partial charge < -0.3 is 31.4 Å². The number of hydrogen-bond donors (Lipinski definition) is 6. The number of nitrogen functional groups attached to an aromatic ring is 1. The molecule has 3 aromatic rings. The standard InChI is InChI=1S/C20H19N7O8/c21-19-25-15-14(17(31)26-19)23-10(7-22-15)8-27(20(34)35)11-3-1-9(2-4-11)16(30)24-12(18(32)33)5-6-13(28)29/h1-4,7,12H,5-6,8H2,(H,24,30)(H,28,29)(H,32,33)(H,34,35)(H3,21,22,25,26,31)/t12-/m0/s1. The molecule has 2 amide bonds. The number of nitrogens with one attached hydrogen (secondary N) is 2. The van der Waals surface area contributed by atoms with Gasteiger partial charge in [-0.3, -0.25) is 19.3 Å². The molecule has 7 N–H and O–H groups in total. The highest BCUT2D eigenvalue weighted by atomic mass is 16.4. The summed E-state index contributed by atoms with van der Waals surface area (Å²) in [7, 11) is 0. The van der Waals surface area contributed by atoms with E-state index < -0.39 is 42.0 Å². The van der Waals surface area contributed by atoms with Crippen molar-refractivity contribution in [3.8, 4) is 0 Å². The van der Waals surface area contributed by atoms with E-state index in [2.05, 4.69) is 25.3 Å². The van der Waals surface area contributed by atoms with Crippen LogP contribution in [0.2, 0.25) is 0 Å². The molecule has 0 spiro atoms. The van der Waals surface area contributed by atoms with Crippen molar-refractivity contribution in [3.05, 3.63) is 52.1 Å². The molecular weight excluding hydrogens is 466 g/mol. The van der Waals surface area contributed by atoms with Crippen LogP contribution in [0.5, 0.6) is 0 Å². The van der Waals surface area contributed by atoms with E-state index in [-0.39, 0.29) is 47.0 Å². The fourth-order valence-electron chi connectivity index (χ4n) is 3.04. The number of aliphatic carboxylic acids is 2. The van der Waals surface area contributed by atoms with Crippen LogP contribution in [0.15, 0.2) is 35.3 Å². The Hall–Kier alpha value is -5.08. The normalized spacial score (nSPS) is 11.5. The van der Waals surface area contributed by atoms with E-state index >= 15 is 0 Å². The van der Waals surface area contributed by atoms with E-state index in [0.29, 0.717) is 0 Å². The molecule has 15 nitrogen and oxygen atoms in total. The van der Waals surface area contributed by atoms with E-state index in [9.17, 15) is 34.2 Å². The lowest BCUT2D eigenvalue weighted by Crippen LogP contribution is -2.41. The molecule has 2 heterocycles. The highest BCUT2D eigenvalue weighted by molar-refractivity contribution is 5.97.